The third-order valence-electron chi connectivity index (χ3n) is 3.66. The van der Waals surface area contributed by atoms with Gasteiger partial charge in [0.1, 0.15) is 28.6 Å². The molecule has 136 valence electrons. The van der Waals surface area contributed by atoms with Gasteiger partial charge in [-0.1, -0.05) is 19.1 Å². The lowest BCUT2D eigenvalue weighted by molar-refractivity contribution is 0.440. The second kappa shape index (κ2) is 7.99. The van der Waals surface area contributed by atoms with Gasteiger partial charge < -0.3 is 20.2 Å². The van der Waals surface area contributed by atoms with E-state index < -0.39 is 22.6 Å². The molecule has 1 heterocycles. The minimum absolute atomic E-state index is 0.0518. The molecule has 0 aliphatic carbocycles. The molecule has 0 fully saturated rings. The molecular weight excluding hydrogens is 348 g/mol. The van der Waals surface area contributed by atoms with Crippen molar-refractivity contribution in [3.63, 3.8) is 0 Å². The Morgan fingerprint density at radius 3 is 2.32 bits per heavy atom. The fraction of sp³-hybridized carbons (Fsp3) is 0.333. The molecule has 4 N–H and O–H groups in total. The summed E-state index contributed by atoms with van der Waals surface area (Å²) in [6.45, 7) is 2.34. The molecule has 9 nitrogen and oxygen atoms in total. The Balaban J connectivity index is 2.24. The minimum atomic E-state index is -2.63. The van der Waals surface area contributed by atoms with E-state index in [1.165, 1.54) is 16.7 Å². The molecule has 0 radical (unpaired) electrons. The van der Waals surface area contributed by atoms with Gasteiger partial charge in [-0.25, -0.2) is 9.00 Å². The van der Waals surface area contributed by atoms with Gasteiger partial charge in [-0.05, 0) is 30.5 Å². The van der Waals surface area contributed by atoms with Crippen LogP contribution in [0.25, 0.3) is 0 Å². The minimum Gasteiger partial charge on any atom is -0.740 e. The average Bonchev–Trinajstić information content (AvgIpc) is 2.58. The van der Waals surface area contributed by atoms with E-state index in [-0.39, 0.29) is 30.3 Å². The summed E-state index contributed by atoms with van der Waals surface area (Å²) in [4.78, 5) is 24.5. The van der Waals surface area contributed by atoms with Crippen LogP contribution in [-0.2, 0) is 30.9 Å². The number of nitrogens with two attached hydrogens (primary N) is 2. The monoisotopic (exact) mass is 367 g/mol. The zero-order valence-electron chi connectivity index (χ0n) is 13.6. The SMILES string of the molecule is CCCn1c(=O)c(N)c(N)n(CCc2ccc(OS(=O)[O-])cc2)c1=O. The summed E-state index contributed by atoms with van der Waals surface area (Å²) in [7, 11) is 0. The molecule has 0 bridgehead atoms. The number of aryl methyl sites for hydroxylation is 1. The summed E-state index contributed by atoms with van der Waals surface area (Å²) in [5, 5.41) is 0. The highest BCUT2D eigenvalue weighted by Gasteiger charge is 2.14. The summed E-state index contributed by atoms with van der Waals surface area (Å²) < 4.78 is 27.8. The Bertz CT molecular complexity index is 889. The van der Waals surface area contributed by atoms with Gasteiger partial charge in [0.15, 0.2) is 0 Å². The summed E-state index contributed by atoms with van der Waals surface area (Å²) >= 11 is -2.63. The third kappa shape index (κ3) is 4.28. The van der Waals surface area contributed by atoms with Gasteiger partial charge in [0.2, 0.25) is 0 Å². The summed E-state index contributed by atoms with van der Waals surface area (Å²) in [6, 6.07) is 6.36. The number of nitrogen functional groups attached to an aromatic ring is 2. The molecule has 2 rings (SSSR count). The Morgan fingerprint density at radius 2 is 1.76 bits per heavy atom. The average molecular weight is 367 g/mol. The number of hydrogen-bond donors (Lipinski definition) is 2. The van der Waals surface area contributed by atoms with Gasteiger partial charge in [0.25, 0.3) is 5.56 Å². The van der Waals surface area contributed by atoms with Crippen LogP contribution in [0.3, 0.4) is 0 Å². The van der Waals surface area contributed by atoms with E-state index in [9.17, 15) is 18.4 Å². The standard InChI is InChI=1S/C15H20N4O5S/c1-2-8-19-14(20)12(16)13(17)18(15(19)21)9-7-10-3-5-11(6-4-10)24-25(22)23/h3-6H,2,7-9,16-17H2,1H3,(H,22,23)/p-1. The lowest BCUT2D eigenvalue weighted by Gasteiger charge is -2.15. The normalized spacial score (nSPS) is 12.1. The first-order valence-electron chi connectivity index (χ1n) is 7.60. The number of benzene rings is 1. The summed E-state index contributed by atoms with van der Waals surface area (Å²) in [5.41, 5.74) is 11.2. The molecule has 0 saturated heterocycles. The van der Waals surface area contributed by atoms with E-state index in [0.29, 0.717) is 12.8 Å². The van der Waals surface area contributed by atoms with E-state index in [1.807, 2.05) is 6.92 Å². The van der Waals surface area contributed by atoms with E-state index in [1.54, 1.807) is 12.1 Å². The first kappa shape index (κ1) is 18.7. The Kier molecular flexibility index (Phi) is 5.99. The molecule has 1 aromatic carbocycles. The van der Waals surface area contributed by atoms with Crippen LogP contribution in [0, 0.1) is 0 Å². The van der Waals surface area contributed by atoms with Gasteiger partial charge in [0.05, 0.1) is 0 Å². The molecule has 10 heteroatoms. The molecule has 2 aromatic rings. The zero-order valence-corrected chi connectivity index (χ0v) is 14.5. The first-order valence-corrected chi connectivity index (χ1v) is 8.60. The van der Waals surface area contributed by atoms with Crippen molar-refractivity contribution in [3.05, 3.63) is 50.7 Å². The number of anilines is 2. The maximum Gasteiger partial charge on any atom is 0.332 e. The molecule has 0 saturated carbocycles. The van der Waals surface area contributed by atoms with Crippen LogP contribution in [0.15, 0.2) is 33.9 Å². The predicted molar refractivity (Wildman–Crippen MR) is 93.8 cm³/mol. The molecule has 0 aliphatic heterocycles. The number of aromatic nitrogens is 2. The van der Waals surface area contributed by atoms with Gasteiger partial charge in [-0.2, -0.15) is 0 Å². The van der Waals surface area contributed by atoms with Crippen LogP contribution < -0.4 is 26.9 Å². The van der Waals surface area contributed by atoms with Gasteiger partial charge in [-0.3, -0.25) is 13.9 Å². The van der Waals surface area contributed by atoms with Crippen LogP contribution in [-0.4, -0.2) is 17.9 Å². The van der Waals surface area contributed by atoms with Crippen LogP contribution >= 0.6 is 0 Å². The molecule has 1 aromatic heterocycles. The second-order valence-corrected chi connectivity index (χ2v) is 5.95. The van der Waals surface area contributed by atoms with Crippen molar-refractivity contribution in [1.29, 1.82) is 0 Å². The Labute approximate surface area is 146 Å². The van der Waals surface area contributed by atoms with Gasteiger partial charge in [-0.15, -0.1) is 0 Å². The van der Waals surface area contributed by atoms with Crippen molar-refractivity contribution in [2.24, 2.45) is 0 Å². The van der Waals surface area contributed by atoms with Crippen LogP contribution in [0.5, 0.6) is 5.75 Å². The van der Waals surface area contributed by atoms with E-state index >= 15 is 0 Å². The number of hydrogen-bond acceptors (Lipinski definition) is 7. The zero-order chi connectivity index (χ0) is 18.6. The van der Waals surface area contributed by atoms with Crippen molar-refractivity contribution >= 4 is 22.9 Å². The van der Waals surface area contributed by atoms with E-state index in [0.717, 1.165) is 10.1 Å². The lowest BCUT2D eigenvalue weighted by atomic mass is 10.1. The molecule has 0 spiro atoms. The van der Waals surface area contributed by atoms with Crippen molar-refractivity contribution in [1.82, 2.24) is 9.13 Å². The van der Waals surface area contributed by atoms with Crippen LogP contribution in [0.4, 0.5) is 11.5 Å². The van der Waals surface area contributed by atoms with E-state index in [2.05, 4.69) is 4.18 Å². The molecule has 1 atom stereocenters. The van der Waals surface area contributed by atoms with Crippen molar-refractivity contribution in [3.8, 4) is 5.75 Å². The highest BCUT2D eigenvalue weighted by Crippen LogP contribution is 2.14. The molecule has 25 heavy (non-hydrogen) atoms. The molecule has 0 amide bonds. The third-order valence-corrected chi connectivity index (χ3v) is 3.99. The molecular formula is C15H19N4O5S-. The number of nitrogens with zero attached hydrogens (tertiary/aromatic N) is 2. The van der Waals surface area contributed by atoms with Crippen molar-refractivity contribution < 1.29 is 12.9 Å². The number of rotatable bonds is 7. The fourth-order valence-corrected chi connectivity index (χ4v) is 2.67. The van der Waals surface area contributed by atoms with E-state index in [4.69, 9.17) is 11.5 Å². The Hall–Kier alpha value is -2.59. The molecule has 1 unspecified atom stereocenters. The predicted octanol–water partition coefficient (Wildman–Crippen LogP) is 0.000000000000000444. The fourth-order valence-electron chi connectivity index (χ4n) is 2.40. The highest BCUT2D eigenvalue weighted by atomic mass is 32.2. The van der Waals surface area contributed by atoms with Crippen LogP contribution in [0.2, 0.25) is 0 Å². The molecule has 0 aliphatic rings. The summed E-state index contributed by atoms with van der Waals surface area (Å²) in [6.07, 6.45) is 1.05. The smallest absolute Gasteiger partial charge is 0.332 e. The van der Waals surface area contributed by atoms with Crippen molar-refractivity contribution in [2.75, 3.05) is 11.5 Å². The lowest BCUT2D eigenvalue weighted by Crippen LogP contribution is -2.42. The highest BCUT2D eigenvalue weighted by molar-refractivity contribution is 7.74. The first-order chi connectivity index (χ1) is 11.8. The van der Waals surface area contributed by atoms with Gasteiger partial charge in [0, 0.05) is 13.1 Å². The maximum atomic E-state index is 12.5. The topological polar surface area (TPSA) is 145 Å². The summed E-state index contributed by atoms with van der Waals surface area (Å²) in [5.74, 6) is 0.138. The van der Waals surface area contributed by atoms with Crippen LogP contribution in [0.1, 0.15) is 18.9 Å². The van der Waals surface area contributed by atoms with Gasteiger partial charge >= 0.3 is 5.69 Å². The Morgan fingerprint density at radius 1 is 1.12 bits per heavy atom. The quantitative estimate of drug-likeness (QED) is 0.655. The van der Waals surface area contributed by atoms with Crippen molar-refractivity contribution in [2.45, 2.75) is 32.9 Å². The maximum absolute atomic E-state index is 12.5. The largest absolute Gasteiger partial charge is 0.740 e. The second-order valence-electron chi connectivity index (χ2n) is 5.37.